The summed E-state index contributed by atoms with van der Waals surface area (Å²) in [5, 5.41) is 0. The van der Waals surface area contributed by atoms with E-state index in [2.05, 4.69) is 64.6 Å². The van der Waals surface area contributed by atoms with Crippen molar-refractivity contribution in [2.24, 2.45) is 0 Å². The summed E-state index contributed by atoms with van der Waals surface area (Å²) in [7, 11) is 0. The van der Waals surface area contributed by atoms with Crippen LogP contribution in [0.25, 0.3) is 44.5 Å². The average molecular weight is 769 g/mol. The zero-order valence-corrected chi connectivity index (χ0v) is 34.3. The van der Waals surface area contributed by atoms with Crippen LogP contribution in [0.2, 0.25) is 0 Å². The molecule has 2 aliphatic carbocycles. The van der Waals surface area contributed by atoms with Gasteiger partial charge in [0.2, 0.25) is 0 Å². The lowest BCUT2D eigenvalue weighted by Gasteiger charge is -2.28. The Balaban J connectivity index is 0.997. The van der Waals surface area contributed by atoms with Gasteiger partial charge in [-0.2, -0.15) is 0 Å². The molecule has 0 radical (unpaired) electrons. The molecule has 2 aromatic heterocycles. The second-order valence-corrected chi connectivity index (χ2v) is 18.8. The van der Waals surface area contributed by atoms with Gasteiger partial charge in [-0.1, -0.05) is 55.3 Å². The van der Waals surface area contributed by atoms with Crippen molar-refractivity contribution in [2.45, 2.75) is 134 Å². The molecule has 9 rings (SSSR count). The van der Waals surface area contributed by atoms with E-state index in [0.717, 1.165) is 66.0 Å². The fourth-order valence-electron chi connectivity index (χ4n) is 10.1. The molecule has 4 heterocycles. The van der Waals surface area contributed by atoms with E-state index in [4.69, 9.17) is 19.4 Å². The maximum absolute atomic E-state index is 13.1. The minimum absolute atomic E-state index is 0.116. The molecule has 2 aliphatic heterocycles. The molecular formula is C47H56N6O4. The first-order valence-corrected chi connectivity index (χ1v) is 21.1. The summed E-state index contributed by atoms with van der Waals surface area (Å²) in [4.78, 5) is 46.6. The summed E-state index contributed by atoms with van der Waals surface area (Å²) in [6, 6.07) is 19.9. The van der Waals surface area contributed by atoms with Crippen molar-refractivity contribution in [3.63, 3.8) is 0 Å². The van der Waals surface area contributed by atoms with Crippen LogP contribution in [0, 0.1) is 0 Å². The third-order valence-corrected chi connectivity index (χ3v) is 12.6. The Morgan fingerprint density at radius 2 is 1.30 bits per heavy atom. The number of carbonyl (C=O) groups is 2. The Labute approximate surface area is 335 Å². The van der Waals surface area contributed by atoms with E-state index in [1.54, 1.807) is 5.56 Å². The van der Waals surface area contributed by atoms with Crippen molar-refractivity contribution in [3.8, 4) is 33.5 Å². The van der Waals surface area contributed by atoms with Crippen molar-refractivity contribution >= 4 is 23.2 Å². The Hall–Kier alpha value is -5.12. The van der Waals surface area contributed by atoms with Crippen LogP contribution in [-0.4, -0.2) is 66.2 Å². The number of aromatic nitrogens is 4. The lowest BCUT2D eigenvalue weighted by molar-refractivity contribution is 0.0208. The lowest BCUT2D eigenvalue weighted by atomic mass is 9.76. The summed E-state index contributed by atoms with van der Waals surface area (Å²) in [5.41, 5.74) is 11.2. The number of nitrogens with one attached hydrogen (secondary N) is 2. The van der Waals surface area contributed by atoms with Crippen molar-refractivity contribution in [2.75, 3.05) is 13.1 Å². The fraction of sp³-hybridized carbons (Fsp3) is 0.489. The van der Waals surface area contributed by atoms with Crippen LogP contribution in [0.3, 0.4) is 0 Å². The summed E-state index contributed by atoms with van der Waals surface area (Å²) in [6.45, 7) is 12.8. The number of amides is 2. The largest absolute Gasteiger partial charge is 0.444 e. The van der Waals surface area contributed by atoms with Gasteiger partial charge >= 0.3 is 12.2 Å². The third kappa shape index (κ3) is 7.10. The van der Waals surface area contributed by atoms with Gasteiger partial charge < -0.3 is 19.4 Å². The van der Waals surface area contributed by atoms with E-state index < -0.39 is 11.2 Å². The smallest absolute Gasteiger partial charge is 0.410 e. The van der Waals surface area contributed by atoms with Crippen LogP contribution in [-0.2, 0) is 21.3 Å². The highest BCUT2D eigenvalue weighted by atomic mass is 16.6. The minimum atomic E-state index is -0.543. The first-order chi connectivity index (χ1) is 27.3. The molecule has 2 amide bonds. The van der Waals surface area contributed by atoms with Gasteiger partial charge in [-0.25, -0.2) is 19.6 Å². The standard InChI is InChI=1S/C47H56N6O4/c1-45(2,3)56-43(54)52-25-9-11-38(52)41-48-28-37(51-41)30-15-13-29(14-16-30)33-19-18-32(34-21-24-47(40(33)34)22-7-8-23-47)31-17-20-35-36(27-31)50-42(49-35)39-12-10-26-53(39)44(55)57-46(4,5)6/h13-20,27-28,38-39H,7-12,21-26H2,1-6H3,(H,48,51)(H,49,50). The van der Waals surface area contributed by atoms with Crippen LogP contribution in [0.5, 0.6) is 0 Å². The summed E-state index contributed by atoms with van der Waals surface area (Å²) in [6.07, 6.45) is 12.2. The zero-order valence-electron chi connectivity index (χ0n) is 34.3. The molecule has 5 aromatic rings. The number of likely N-dealkylation sites (tertiary alicyclic amines) is 2. The highest BCUT2D eigenvalue weighted by Gasteiger charge is 2.44. The van der Waals surface area contributed by atoms with Crippen LogP contribution >= 0.6 is 0 Å². The predicted molar refractivity (Wildman–Crippen MR) is 223 cm³/mol. The predicted octanol–water partition coefficient (Wildman–Crippen LogP) is 11.2. The van der Waals surface area contributed by atoms with Crippen LogP contribution in [0.15, 0.2) is 60.8 Å². The monoisotopic (exact) mass is 768 g/mol. The molecule has 2 N–H and O–H groups in total. The average Bonchev–Trinajstić information content (AvgIpc) is 4.02. The third-order valence-electron chi connectivity index (χ3n) is 12.6. The Morgan fingerprint density at radius 3 is 1.95 bits per heavy atom. The molecule has 10 nitrogen and oxygen atoms in total. The van der Waals surface area contributed by atoms with Gasteiger partial charge in [0.05, 0.1) is 35.0 Å². The summed E-state index contributed by atoms with van der Waals surface area (Å²) in [5.74, 6) is 1.63. The Bertz CT molecular complexity index is 2320. The van der Waals surface area contributed by atoms with Crippen molar-refractivity contribution in [1.82, 2.24) is 29.7 Å². The number of fused-ring (bicyclic) bond motifs is 3. The van der Waals surface area contributed by atoms with Crippen molar-refractivity contribution < 1.29 is 19.1 Å². The van der Waals surface area contributed by atoms with Gasteiger partial charge in [-0.3, -0.25) is 9.80 Å². The normalized spacial score (nSPS) is 20.5. The molecule has 1 saturated carbocycles. The van der Waals surface area contributed by atoms with E-state index in [0.29, 0.717) is 13.1 Å². The minimum Gasteiger partial charge on any atom is -0.444 e. The SMILES string of the molecule is CC(C)(C)OC(=O)N1CCCC1c1ncc(-c2ccc(-c3ccc(-c4ccc5nc(C6CCCN6C(=O)OC(C)(C)C)[nH]c5c4)c4c3C3(CCCC3)CC4)cc2)[nH]1. The fourth-order valence-corrected chi connectivity index (χ4v) is 10.1. The van der Waals surface area contributed by atoms with Crippen LogP contribution in [0.4, 0.5) is 9.59 Å². The van der Waals surface area contributed by atoms with Crippen molar-refractivity contribution in [3.05, 3.63) is 83.6 Å². The molecule has 0 bridgehead atoms. The van der Waals surface area contributed by atoms with Gasteiger partial charge in [-0.15, -0.1) is 0 Å². The van der Waals surface area contributed by atoms with Crippen molar-refractivity contribution in [1.29, 1.82) is 0 Å². The summed E-state index contributed by atoms with van der Waals surface area (Å²) >= 11 is 0. The Kier molecular flexibility index (Phi) is 9.24. The molecule has 4 aliphatic rings. The molecule has 1 spiro atoms. The molecule has 57 heavy (non-hydrogen) atoms. The van der Waals surface area contributed by atoms with E-state index in [-0.39, 0.29) is 29.7 Å². The van der Waals surface area contributed by atoms with Gasteiger partial charge in [0, 0.05) is 13.1 Å². The van der Waals surface area contributed by atoms with Gasteiger partial charge in [0.1, 0.15) is 22.9 Å². The number of benzene rings is 3. The number of ether oxygens (including phenoxy) is 2. The molecule has 2 saturated heterocycles. The number of hydrogen-bond acceptors (Lipinski definition) is 6. The van der Waals surface area contributed by atoms with Gasteiger partial charge in [0.15, 0.2) is 0 Å². The zero-order chi connectivity index (χ0) is 39.7. The number of rotatable bonds is 5. The molecule has 2 atom stereocenters. The molecule has 298 valence electrons. The second-order valence-electron chi connectivity index (χ2n) is 18.8. The molecule has 3 fully saturated rings. The number of imidazole rings is 2. The molecule has 3 aromatic carbocycles. The highest BCUT2D eigenvalue weighted by Crippen LogP contribution is 2.55. The number of carbonyl (C=O) groups excluding carboxylic acids is 2. The number of nitrogens with zero attached hydrogens (tertiary/aromatic N) is 4. The molecular weight excluding hydrogens is 713 g/mol. The quantitative estimate of drug-likeness (QED) is 0.184. The number of H-pyrrole nitrogens is 2. The first kappa shape index (κ1) is 37.5. The van der Waals surface area contributed by atoms with Gasteiger partial charge in [0.25, 0.3) is 0 Å². The molecule has 2 unspecified atom stereocenters. The topological polar surface area (TPSA) is 116 Å². The van der Waals surface area contributed by atoms with Crippen LogP contribution < -0.4 is 0 Å². The van der Waals surface area contributed by atoms with E-state index in [1.807, 2.05) is 57.5 Å². The highest BCUT2D eigenvalue weighted by molar-refractivity contribution is 5.86. The first-order valence-electron chi connectivity index (χ1n) is 21.1. The van der Waals surface area contributed by atoms with E-state index in [9.17, 15) is 9.59 Å². The summed E-state index contributed by atoms with van der Waals surface area (Å²) < 4.78 is 11.4. The second kappa shape index (κ2) is 14.1. The van der Waals surface area contributed by atoms with Crippen LogP contribution in [0.1, 0.15) is 134 Å². The maximum Gasteiger partial charge on any atom is 0.410 e. The molecule has 10 heteroatoms. The van der Waals surface area contributed by atoms with Gasteiger partial charge in [-0.05, 0) is 149 Å². The number of aromatic amines is 2. The maximum atomic E-state index is 13.1. The Morgan fingerprint density at radius 1 is 0.702 bits per heavy atom. The number of hydrogen-bond donors (Lipinski definition) is 2. The van der Waals surface area contributed by atoms with E-state index >= 15 is 0 Å². The lowest BCUT2D eigenvalue weighted by Crippen LogP contribution is -2.36. The van der Waals surface area contributed by atoms with E-state index in [1.165, 1.54) is 59.9 Å².